The van der Waals surface area contributed by atoms with Gasteiger partial charge in [-0.25, -0.2) is 31.0 Å². The number of para-hydroxylation sites is 5. The number of rotatable bonds is 10. The first-order valence-corrected chi connectivity index (χ1v) is 48.2. The molecule has 0 fully saturated rings. The van der Waals surface area contributed by atoms with Gasteiger partial charge < -0.3 is 57.1 Å². The van der Waals surface area contributed by atoms with Crippen molar-refractivity contribution in [3.05, 3.63) is 356 Å². The Morgan fingerprint density at radius 3 is 0.973 bits per heavy atom. The molecule has 0 amide bonds. The zero-order valence-corrected chi connectivity index (χ0v) is 96.6. The molecule has 30 heteroatoms. The van der Waals surface area contributed by atoms with Gasteiger partial charge in [0.1, 0.15) is 28.2 Å². The minimum absolute atomic E-state index is 0. The van der Waals surface area contributed by atoms with Gasteiger partial charge in [0, 0.05) is 222 Å². The first kappa shape index (κ1) is 117. The van der Waals surface area contributed by atoms with Gasteiger partial charge in [-0.15, -0.1) is 25.9 Å². The van der Waals surface area contributed by atoms with Crippen molar-refractivity contribution in [2.75, 3.05) is 0 Å². The van der Waals surface area contributed by atoms with Crippen LogP contribution >= 0.6 is 22.7 Å². The molecule has 146 heavy (non-hydrogen) atoms. The van der Waals surface area contributed by atoms with Crippen molar-refractivity contribution in [1.82, 2.24) is 47.8 Å². The molecule has 0 saturated heterocycles. The predicted octanol–water partition coefficient (Wildman–Crippen LogP) is 27.8. The van der Waals surface area contributed by atoms with Crippen molar-refractivity contribution < 1.29 is 163 Å². The molecular formula is C116H111Ir5N10O13S2-5. The summed E-state index contributed by atoms with van der Waals surface area (Å²) in [7, 11) is 0. The molecule has 5 radical (unpaired) electrons. The van der Waals surface area contributed by atoms with Crippen LogP contribution < -0.4 is 0 Å². The van der Waals surface area contributed by atoms with Crippen LogP contribution in [0.25, 0.3) is 138 Å². The van der Waals surface area contributed by atoms with E-state index in [0.29, 0.717) is 0 Å². The molecule has 0 saturated carbocycles. The fourth-order valence-corrected chi connectivity index (χ4v) is 19.6. The molecule has 765 valence electrons. The summed E-state index contributed by atoms with van der Waals surface area (Å²) in [5, 5.41) is 57.4. The molecule has 0 aliphatic heterocycles. The van der Waals surface area contributed by atoms with Crippen molar-refractivity contribution in [2.45, 2.75) is 174 Å². The topological polar surface area (TPSA) is 315 Å². The van der Waals surface area contributed by atoms with Gasteiger partial charge in [-0.2, -0.15) is 23.3 Å². The number of benzene rings is 5. The summed E-state index contributed by atoms with van der Waals surface area (Å²) in [4.78, 5) is 77.1. The van der Waals surface area contributed by atoms with Gasteiger partial charge in [0.25, 0.3) is 0 Å². The van der Waals surface area contributed by atoms with Crippen LogP contribution in [0.5, 0.6) is 0 Å². The van der Waals surface area contributed by atoms with E-state index < -0.39 is 0 Å². The number of hydrogen-bond donors (Lipinski definition) is 5. The van der Waals surface area contributed by atoms with E-state index in [1.807, 2.05) is 81.2 Å². The maximum atomic E-state index is 10.0. The number of thiophene rings is 2. The monoisotopic (exact) mass is 2880 g/mol. The minimum Gasteiger partial charge on any atom is -0.593 e. The number of furan rings is 3. The molecule has 5 N–H and O–H groups in total. The van der Waals surface area contributed by atoms with Gasteiger partial charge in [0.2, 0.25) is 0 Å². The van der Waals surface area contributed by atoms with Crippen LogP contribution in [0.4, 0.5) is 0 Å². The summed E-state index contributed by atoms with van der Waals surface area (Å²) in [6.07, 6.45) is 32.3. The normalized spacial score (nSPS) is 12.5. The fourth-order valence-electron chi connectivity index (χ4n) is 17.8. The van der Waals surface area contributed by atoms with Crippen LogP contribution in [0, 0.1) is 57.5 Å². The Hall–Kier alpha value is -12.6. The third kappa shape index (κ3) is 28.4. The van der Waals surface area contributed by atoms with Gasteiger partial charge in [-0.1, -0.05) is 204 Å². The number of fused-ring (bicyclic) bond motifs is 18. The number of allylic oxidation sites excluding steroid dienone is 10. The molecule has 0 bridgehead atoms. The summed E-state index contributed by atoms with van der Waals surface area (Å²) >= 11 is 3.57. The van der Waals surface area contributed by atoms with E-state index in [0.717, 1.165) is 122 Å². The maximum absolute atomic E-state index is 10.0. The Morgan fingerprint density at radius 1 is 0.329 bits per heavy atom. The number of pyridine rings is 5. The second-order valence-corrected chi connectivity index (χ2v) is 36.8. The molecule has 23 rings (SSSR count). The third-order valence-electron chi connectivity index (χ3n) is 23.0. The number of aryl methyl sites for hydroxylation is 8. The SMILES string of the molecule is CC(=O)C=C(C)O.CC(=O)C=C(C)O.CC(=O)C=C(C)O.CC(=O)C=C(C)O.CC(=O)C=C(C)O.Cc1[c-]c(-n2c3ccccc3c3cccnc32)c(C)o1.Cc1[c-]c(-n2c3ccccc3c3cccnc32)c(C)s1.[Ir].[Ir].[Ir].[Ir].[Ir].[c-]1c(-n2c3ccccc3c3cccnc32)oc2c1CCCC2.[c-]1oc2c(c1-n1c3ccccc3c3cccnc31)CCCC2.[c-]1sc2c(c1-n1c3ccccc3c3cccnc31)CCCC2. The first-order chi connectivity index (χ1) is 67.9. The van der Waals surface area contributed by atoms with Gasteiger partial charge in [-0.3, -0.25) is 51.2 Å². The predicted molar refractivity (Wildman–Crippen MR) is 564 cm³/mol. The molecule has 20 aromatic rings. The molecule has 15 aromatic heterocycles. The Bertz CT molecular complexity index is 7370. The zero-order valence-electron chi connectivity index (χ0n) is 83.0. The van der Waals surface area contributed by atoms with E-state index in [1.54, 1.807) is 22.7 Å². The molecule has 0 unspecified atom stereocenters. The number of nitrogens with zero attached hydrogens (tertiary/aromatic N) is 10. The van der Waals surface area contributed by atoms with Crippen molar-refractivity contribution in [3.8, 4) is 28.6 Å². The largest absolute Gasteiger partial charge is 0.593 e. The van der Waals surface area contributed by atoms with E-state index in [4.69, 9.17) is 38.8 Å². The van der Waals surface area contributed by atoms with Gasteiger partial charge in [0.05, 0.1) is 62.3 Å². The Morgan fingerprint density at radius 2 is 0.637 bits per heavy atom. The van der Waals surface area contributed by atoms with Crippen LogP contribution in [-0.2, 0) is 163 Å². The van der Waals surface area contributed by atoms with Crippen molar-refractivity contribution in [3.63, 3.8) is 0 Å². The maximum Gasteiger partial charge on any atom is 0.155 e. The number of ketones is 5. The Kier molecular flexibility index (Phi) is 43.8. The molecule has 23 nitrogen and oxygen atoms in total. The van der Waals surface area contributed by atoms with Gasteiger partial charge in [-0.05, 0) is 197 Å². The molecule has 15 heterocycles. The van der Waals surface area contributed by atoms with Crippen LogP contribution in [0.1, 0.15) is 162 Å². The number of aromatic nitrogens is 10. The molecule has 3 aliphatic rings. The minimum atomic E-state index is -0.125. The average Bonchev–Trinajstić information content (AvgIpc) is 1.58. The van der Waals surface area contributed by atoms with Crippen molar-refractivity contribution in [1.29, 1.82) is 0 Å². The molecular weight excluding hydrogens is 2770 g/mol. The summed E-state index contributed by atoms with van der Waals surface area (Å²) in [6.45, 7) is 22.4. The van der Waals surface area contributed by atoms with Crippen molar-refractivity contribution in [2.24, 2.45) is 0 Å². The van der Waals surface area contributed by atoms with E-state index in [1.165, 1.54) is 248 Å². The number of aliphatic hydroxyl groups is 5. The van der Waals surface area contributed by atoms with Gasteiger partial charge >= 0.3 is 0 Å². The second kappa shape index (κ2) is 54.7. The number of carbonyl (C=O) groups is 5. The van der Waals surface area contributed by atoms with E-state index in [9.17, 15) is 24.0 Å². The van der Waals surface area contributed by atoms with Crippen LogP contribution in [0.2, 0.25) is 0 Å². The Balaban J connectivity index is 0.000000186. The zero-order chi connectivity index (χ0) is 100. The van der Waals surface area contributed by atoms with Gasteiger partial charge in [0.15, 0.2) is 28.9 Å². The van der Waals surface area contributed by atoms with Crippen molar-refractivity contribution >= 4 is 161 Å². The molecule has 3 aliphatic carbocycles. The third-order valence-corrected chi connectivity index (χ3v) is 24.9. The number of aliphatic hydroxyl groups excluding tert-OH is 5. The average molecular weight is 2880 g/mol. The van der Waals surface area contributed by atoms with Crippen LogP contribution in [-0.4, -0.2) is 102 Å². The summed E-state index contributed by atoms with van der Waals surface area (Å²) in [5.74, 6) is 4.31. The fraction of sp³-hybridized carbons (Fsp3) is 0.224. The molecule has 5 aromatic carbocycles. The summed E-state index contributed by atoms with van der Waals surface area (Å²) in [6, 6.07) is 73.0. The first-order valence-electron chi connectivity index (χ1n) is 46.6. The summed E-state index contributed by atoms with van der Waals surface area (Å²) in [5.41, 5.74) is 19.1. The number of carbonyl (C=O) groups excluding carboxylic acids is 5. The standard InChI is InChI=1S/2C19H15N2O.C19H15N2S.C17H13N2O.C17H13N2S.5C5H8O2.5Ir/c1-4-10-17-13(6-1)12-18(22-17)21-16-9-3-2-7-14(16)15-8-5-11-20-19(15)21;2*1-3-9-16-13(6-1)14-8-5-11-20-19(14)21(16)17-12-22-18-10-4-2-7-15(17)18;2*1-11-10-16(12(2)20-11)19-15-8-4-3-6-13(15)14-7-5-9-18-17(14)19;5*1-4(6)3-5(2)7;;;;;/h2-3,5,7-9,11H,1,4,6,10H2;2*1,3,5-6,8-9,11H,2,4,7,10H2;2*3-9H,1-2H3;5*3,6H,1-2H3;;;;;/q5*-1;;;;;;;;;;. The number of hydrogen-bond acceptors (Lipinski definition) is 20. The van der Waals surface area contributed by atoms with Crippen LogP contribution in [0.3, 0.4) is 0 Å². The molecule has 0 spiro atoms. The van der Waals surface area contributed by atoms with E-state index >= 15 is 0 Å². The summed E-state index contributed by atoms with van der Waals surface area (Å²) < 4.78 is 28.5. The van der Waals surface area contributed by atoms with Crippen LogP contribution in [0.15, 0.2) is 285 Å². The van der Waals surface area contributed by atoms with E-state index in [-0.39, 0.29) is 158 Å². The molecule has 0 atom stereocenters. The Labute approximate surface area is 922 Å². The second-order valence-electron chi connectivity index (χ2n) is 34.5. The smallest absolute Gasteiger partial charge is 0.155 e. The quantitative estimate of drug-likeness (QED) is 0.0482. The van der Waals surface area contributed by atoms with E-state index in [2.05, 4.69) is 237 Å².